The summed E-state index contributed by atoms with van der Waals surface area (Å²) in [6, 6.07) is 14.6. The Morgan fingerprint density at radius 1 is 0.872 bits per heavy atom. The van der Waals surface area contributed by atoms with Gasteiger partial charge in [-0.05, 0) is 78.1 Å². The van der Waals surface area contributed by atoms with Gasteiger partial charge in [0, 0.05) is 13.0 Å². The topological polar surface area (TPSA) is 55.8 Å². The fraction of sp³-hybridized carbons (Fsp3) is 0.276. The lowest BCUT2D eigenvalue weighted by Gasteiger charge is -2.14. The Kier molecular flexibility index (Phi) is 9.45. The van der Waals surface area contributed by atoms with E-state index in [0.717, 1.165) is 16.7 Å². The molecule has 0 aliphatic carbocycles. The molecule has 4 nitrogen and oxygen atoms in total. The van der Waals surface area contributed by atoms with E-state index < -0.39 is 35.6 Å². The lowest BCUT2D eigenvalue weighted by atomic mass is 9.97. The third kappa shape index (κ3) is 8.35. The Morgan fingerprint density at radius 3 is 1.92 bits per heavy atom. The van der Waals surface area contributed by atoms with Gasteiger partial charge in [-0.3, -0.25) is 0 Å². The second-order valence-electron chi connectivity index (χ2n) is 8.70. The molecule has 10 heteroatoms. The van der Waals surface area contributed by atoms with Crippen LogP contribution in [0.1, 0.15) is 36.1 Å². The summed E-state index contributed by atoms with van der Waals surface area (Å²) in [5, 5.41) is 9.20. The Balaban J connectivity index is 1.67. The van der Waals surface area contributed by atoms with E-state index in [2.05, 4.69) is 0 Å². The summed E-state index contributed by atoms with van der Waals surface area (Å²) in [5.74, 6) is -0.474. The zero-order chi connectivity index (χ0) is 28.8. The van der Waals surface area contributed by atoms with Gasteiger partial charge in [0.2, 0.25) is 0 Å². The van der Waals surface area contributed by atoms with Crippen molar-refractivity contribution in [1.29, 1.82) is 0 Å². The number of halogens is 6. The van der Waals surface area contributed by atoms with E-state index in [1.807, 2.05) is 0 Å². The van der Waals surface area contributed by atoms with Crippen molar-refractivity contribution in [3.63, 3.8) is 0 Å². The van der Waals surface area contributed by atoms with E-state index in [9.17, 15) is 36.2 Å². The monoisotopic (exact) mass is 552 g/mol. The number of ether oxygens (including phenoxy) is 2. The van der Waals surface area contributed by atoms with Gasteiger partial charge >= 0.3 is 18.3 Å². The van der Waals surface area contributed by atoms with Gasteiger partial charge in [-0.25, -0.2) is 4.79 Å². The van der Waals surface area contributed by atoms with Crippen molar-refractivity contribution >= 4 is 11.5 Å². The number of carboxylic acid groups (broad SMARTS) is 1. The lowest BCUT2D eigenvalue weighted by molar-refractivity contribution is -0.150. The van der Waals surface area contributed by atoms with Gasteiger partial charge in [0.1, 0.15) is 12.4 Å². The van der Waals surface area contributed by atoms with Crippen LogP contribution < -0.4 is 4.74 Å². The molecule has 0 bridgehead atoms. The number of carboxylic acids is 1. The Hall–Kier alpha value is -3.79. The van der Waals surface area contributed by atoms with Crippen LogP contribution in [0, 0.1) is 0 Å². The van der Waals surface area contributed by atoms with Gasteiger partial charge in [0.05, 0.1) is 11.1 Å². The number of aliphatic carboxylic acids is 1. The van der Waals surface area contributed by atoms with E-state index in [4.69, 9.17) is 9.47 Å². The predicted molar refractivity (Wildman–Crippen MR) is 134 cm³/mol. The SMILES string of the molecule is CCO[C@@H](Cc1ccc(OCC=C(C)c2ccc(-c3cc(C(F)(F)F)cc(C(F)(F)F)c3)cc2)cc1)C(=O)O. The first-order chi connectivity index (χ1) is 18.3. The highest BCUT2D eigenvalue weighted by atomic mass is 19.4. The van der Waals surface area contributed by atoms with E-state index in [1.165, 1.54) is 12.1 Å². The normalized spacial score (nSPS) is 13.3. The zero-order valence-corrected chi connectivity index (χ0v) is 21.1. The van der Waals surface area contributed by atoms with Crippen LogP contribution in [-0.4, -0.2) is 30.4 Å². The molecule has 0 saturated carbocycles. The number of alkyl halides is 6. The third-order valence-corrected chi connectivity index (χ3v) is 5.89. The molecule has 0 amide bonds. The first-order valence-electron chi connectivity index (χ1n) is 11.9. The molecule has 0 saturated heterocycles. The van der Waals surface area contributed by atoms with Crippen LogP contribution in [0.15, 0.2) is 72.8 Å². The summed E-state index contributed by atoms with van der Waals surface area (Å²) < 4.78 is 90.0. The summed E-state index contributed by atoms with van der Waals surface area (Å²) in [5.41, 5.74) is -0.419. The minimum atomic E-state index is -4.92. The minimum Gasteiger partial charge on any atom is -0.490 e. The van der Waals surface area contributed by atoms with Crippen LogP contribution in [0.4, 0.5) is 26.3 Å². The smallest absolute Gasteiger partial charge is 0.416 e. The van der Waals surface area contributed by atoms with Crippen LogP contribution in [0.5, 0.6) is 5.75 Å². The van der Waals surface area contributed by atoms with Gasteiger partial charge in [0.25, 0.3) is 0 Å². The average Bonchev–Trinajstić information content (AvgIpc) is 2.88. The first kappa shape index (κ1) is 29.8. The van der Waals surface area contributed by atoms with Gasteiger partial charge in [-0.15, -0.1) is 0 Å². The highest BCUT2D eigenvalue weighted by Gasteiger charge is 2.37. The minimum absolute atomic E-state index is 0.103. The van der Waals surface area contributed by atoms with Crippen LogP contribution in [0.2, 0.25) is 0 Å². The second kappa shape index (κ2) is 12.4. The van der Waals surface area contributed by atoms with Crippen molar-refractivity contribution in [2.75, 3.05) is 13.2 Å². The van der Waals surface area contributed by atoms with Crippen LogP contribution in [-0.2, 0) is 28.3 Å². The number of allylic oxidation sites excluding steroid dienone is 1. The molecular formula is C29H26F6O4. The molecule has 0 aliphatic rings. The molecule has 0 unspecified atom stereocenters. The summed E-state index contributed by atoms with van der Waals surface area (Å²) in [6.45, 7) is 4.01. The zero-order valence-electron chi connectivity index (χ0n) is 21.1. The summed E-state index contributed by atoms with van der Waals surface area (Å²) in [4.78, 5) is 11.2. The molecule has 3 aromatic carbocycles. The van der Waals surface area contributed by atoms with Gasteiger partial charge in [-0.1, -0.05) is 36.4 Å². The Morgan fingerprint density at radius 2 is 1.44 bits per heavy atom. The molecule has 0 heterocycles. The molecule has 1 N–H and O–H groups in total. The highest BCUT2D eigenvalue weighted by molar-refractivity contribution is 5.73. The molecule has 3 aromatic rings. The third-order valence-electron chi connectivity index (χ3n) is 5.89. The van der Waals surface area contributed by atoms with Gasteiger partial charge in [-0.2, -0.15) is 26.3 Å². The molecule has 0 aliphatic heterocycles. The number of hydrogen-bond donors (Lipinski definition) is 1. The number of hydrogen-bond acceptors (Lipinski definition) is 3. The predicted octanol–water partition coefficient (Wildman–Crippen LogP) is 7.91. The Labute approximate surface area is 221 Å². The van der Waals surface area contributed by atoms with E-state index >= 15 is 0 Å². The molecule has 39 heavy (non-hydrogen) atoms. The Bertz CT molecular complexity index is 1260. The summed E-state index contributed by atoms with van der Waals surface area (Å²) >= 11 is 0. The van der Waals surface area contributed by atoms with Crippen molar-refractivity contribution in [3.05, 3.63) is 95.1 Å². The van der Waals surface area contributed by atoms with Crippen molar-refractivity contribution in [2.45, 2.75) is 38.7 Å². The standard InChI is InChI=1S/C29H26F6O4/c1-3-38-26(27(36)37)14-19-4-10-25(11-5-19)39-13-12-18(2)20-6-8-21(9-7-20)22-15-23(28(30,31)32)17-24(16-22)29(33,34)35/h4-12,15-17,26H,3,13-14H2,1-2H3,(H,36,37)/t26-/m0/s1. The largest absolute Gasteiger partial charge is 0.490 e. The maximum absolute atomic E-state index is 13.2. The van der Waals surface area contributed by atoms with Crippen LogP contribution >= 0.6 is 0 Å². The molecule has 0 aromatic heterocycles. The fourth-order valence-electron chi connectivity index (χ4n) is 3.78. The average molecular weight is 553 g/mol. The molecule has 0 spiro atoms. The highest BCUT2D eigenvalue weighted by Crippen LogP contribution is 2.38. The second-order valence-corrected chi connectivity index (χ2v) is 8.70. The van der Waals surface area contributed by atoms with Crippen LogP contribution in [0.25, 0.3) is 16.7 Å². The van der Waals surface area contributed by atoms with E-state index in [1.54, 1.807) is 56.3 Å². The number of benzene rings is 3. The van der Waals surface area contributed by atoms with Crippen molar-refractivity contribution in [2.24, 2.45) is 0 Å². The van der Waals surface area contributed by atoms with Crippen molar-refractivity contribution in [1.82, 2.24) is 0 Å². The van der Waals surface area contributed by atoms with Crippen molar-refractivity contribution < 1.29 is 45.7 Å². The molecular weight excluding hydrogens is 526 g/mol. The van der Waals surface area contributed by atoms with Gasteiger partial charge < -0.3 is 14.6 Å². The fourth-order valence-corrected chi connectivity index (χ4v) is 3.78. The number of rotatable bonds is 10. The first-order valence-corrected chi connectivity index (χ1v) is 11.9. The lowest BCUT2D eigenvalue weighted by Crippen LogP contribution is -2.26. The summed E-state index contributed by atoms with van der Waals surface area (Å²) in [7, 11) is 0. The molecule has 3 rings (SSSR count). The van der Waals surface area contributed by atoms with Gasteiger partial charge in [0.15, 0.2) is 6.10 Å². The van der Waals surface area contributed by atoms with Crippen molar-refractivity contribution in [3.8, 4) is 16.9 Å². The molecule has 208 valence electrons. The maximum atomic E-state index is 13.2. The molecule has 0 fully saturated rings. The van der Waals surface area contributed by atoms with E-state index in [0.29, 0.717) is 17.9 Å². The van der Waals surface area contributed by atoms with Crippen LogP contribution in [0.3, 0.4) is 0 Å². The molecule has 1 atom stereocenters. The maximum Gasteiger partial charge on any atom is 0.416 e. The number of carbonyl (C=O) groups is 1. The van der Waals surface area contributed by atoms with E-state index in [-0.39, 0.29) is 36.8 Å². The quantitative estimate of drug-likeness (QED) is 0.260. The summed E-state index contributed by atoms with van der Waals surface area (Å²) in [6.07, 6.45) is -8.76. The molecule has 0 radical (unpaired) electrons.